The number of hydrogen-bond donors (Lipinski definition) is 3. The van der Waals surface area contributed by atoms with E-state index >= 15 is 0 Å². The molecule has 1 aromatic carbocycles. The van der Waals surface area contributed by atoms with E-state index in [1.54, 1.807) is 25.1 Å². The molecule has 0 heterocycles. The smallest absolute Gasteiger partial charge is 0.319 e. The molecule has 20 heavy (non-hydrogen) atoms. The summed E-state index contributed by atoms with van der Waals surface area (Å²) in [5, 5.41) is 14.2. The van der Waals surface area contributed by atoms with Gasteiger partial charge in [-0.3, -0.25) is 4.79 Å². The maximum absolute atomic E-state index is 11.7. The molecule has 0 fully saturated rings. The Kier molecular flexibility index (Phi) is 6.11. The van der Waals surface area contributed by atoms with Crippen molar-refractivity contribution in [1.29, 1.82) is 0 Å². The lowest BCUT2D eigenvalue weighted by atomic mass is 10.2. The first-order valence-corrected chi connectivity index (χ1v) is 6.43. The molecule has 6 nitrogen and oxygen atoms in total. The summed E-state index contributed by atoms with van der Waals surface area (Å²) in [5.41, 5.74) is 0.527. The van der Waals surface area contributed by atoms with Crippen LogP contribution in [0, 0.1) is 0 Å². The molecule has 0 aliphatic heterocycles. The van der Waals surface area contributed by atoms with E-state index < -0.39 is 12.0 Å². The number of methoxy groups -OCH3 is 1. The Morgan fingerprint density at radius 1 is 1.45 bits per heavy atom. The van der Waals surface area contributed by atoms with Crippen LogP contribution in [0.15, 0.2) is 18.2 Å². The van der Waals surface area contributed by atoms with Crippen molar-refractivity contribution in [2.45, 2.75) is 25.8 Å². The molecule has 0 aliphatic rings. The zero-order chi connectivity index (χ0) is 15.1. The molecule has 2 amide bonds. The van der Waals surface area contributed by atoms with Gasteiger partial charge < -0.3 is 20.5 Å². The van der Waals surface area contributed by atoms with Crippen LogP contribution < -0.4 is 15.4 Å². The number of urea groups is 1. The number of ether oxygens (including phenoxy) is 1. The first-order valence-electron chi connectivity index (χ1n) is 6.05. The Morgan fingerprint density at radius 2 is 2.15 bits per heavy atom. The van der Waals surface area contributed by atoms with Gasteiger partial charge in [0, 0.05) is 18.2 Å². The van der Waals surface area contributed by atoms with Gasteiger partial charge in [0.2, 0.25) is 0 Å². The molecule has 0 radical (unpaired) electrons. The second kappa shape index (κ2) is 7.59. The molecule has 0 bridgehead atoms. The van der Waals surface area contributed by atoms with Crippen molar-refractivity contribution < 1.29 is 19.4 Å². The first-order chi connectivity index (χ1) is 9.42. The van der Waals surface area contributed by atoms with Crippen molar-refractivity contribution in [2.24, 2.45) is 0 Å². The number of rotatable bonds is 6. The van der Waals surface area contributed by atoms with Crippen molar-refractivity contribution in [1.82, 2.24) is 5.32 Å². The molecule has 1 aromatic rings. The van der Waals surface area contributed by atoms with Crippen LogP contribution in [0.3, 0.4) is 0 Å². The summed E-state index contributed by atoms with van der Waals surface area (Å²) in [6.45, 7) is 1.74. The van der Waals surface area contributed by atoms with E-state index in [1.165, 1.54) is 7.11 Å². The second-order valence-corrected chi connectivity index (χ2v) is 4.69. The summed E-state index contributed by atoms with van der Waals surface area (Å²) in [6, 6.07) is 4.23. The SMILES string of the molecule is COc1ccc(NC(=O)NC(C)CCC(=O)O)cc1Cl. The van der Waals surface area contributed by atoms with E-state index in [1.807, 2.05) is 0 Å². The molecular formula is C13H17ClN2O4. The Bertz CT molecular complexity index is 493. The van der Waals surface area contributed by atoms with Gasteiger partial charge in [-0.1, -0.05) is 11.6 Å². The van der Waals surface area contributed by atoms with Crippen LogP contribution in [-0.2, 0) is 4.79 Å². The van der Waals surface area contributed by atoms with Gasteiger partial charge in [0.15, 0.2) is 0 Å². The molecule has 0 aromatic heterocycles. The summed E-state index contributed by atoms with van der Waals surface area (Å²) in [6.07, 6.45) is 0.377. The fraction of sp³-hybridized carbons (Fsp3) is 0.385. The summed E-state index contributed by atoms with van der Waals surface area (Å²) >= 11 is 5.94. The van der Waals surface area contributed by atoms with Crippen molar-refractivity contribution in [2.75, 3.05) is 12.4 Å². The third-order valence-electron chi connectivity index (χ3n) is 2.58. The molecular weight excluding hydrogens is 284 g/mol. The minimum absolute atomic E-state index is 0.00973. The standard InChI is InChI=1S/C13H17ClN2O4/c1-8(3-6-12(17)18)15-13(19)16-9-4-5-11(20-2)10(14)7-9/h4-5,7-8H,3,6H2,1-2H3,(H,17,18)(H2,15,16,19). The lowest BCUT2D eigenvalue weighted by Crippen LogP contribution is -2.36. The van der Waals surface area contributed by atoms with Crippen molar-refractivity contribution in [3.8, 4) is 5.75 Å². The van der Waals surface area contributed by atoms with Gasteiger partial charge in [-0.2, -0.15) is 0 Å². The van der Waals surface area contributed by atoms with Crippen LogP contribution >= 0.6 is 11.6 Å². The van der Waals surface area contributed by atoms with Gasteiger partial charge in [0.25, 0.3) is 0 Å². The topological polar surface area (TPSA) is 87.7 Å². The molecule has 7 heteroatoms. The highest BCUT2D eigenvalue weighted by atomic mass is 35.5. The largest absolute Gasteiger partial charge is 0.495 e. The van der Waals surface area contributed by atoms with Crippen LogP contribution in [0.1, 0.15) is 19.8 Å². The number of hydrogen-bond acceptors (Lipinski definition) is 3. The Morgan fingerprint density at radius 3 is 2.70 bits per heavy atom. The summed E-state index contributed by atoms with van der Waals surface area (Å²) in [4.78, 5) is 22.1. The normalized spacial score (nSPS) is 11.6. The lowest BCUT2D eigenvalue weighted by molar-refractivity contribution is -0.137. The fourth-order valence-corrected chi connectivity index (χ4v) is 1.80. The second-order valence-electron chi connectivity index (χ2n) is 4.28. The van der Waals surface area contributed by atoms with Gasteiger partial charge in [0.05, 0.1) is 12.1 Å². The average molecular weight is 301 g/mol. The highest BCUT2D eigenvalue weighted by Gasteiger charge is 2.10. The highest BCUT2D eigenvalue weighted by molar-refractivity contribution is 6.32. The molecule has 1 rings (SSSR count). The average Bonchev–Trinajstić information content (AvgIpc) is 2.36. The molecule has 0 aliphatic carbocycles. The molecule has 1 atom stereocenters. The Hall–Kier alpha value is -1.95. The summed E-state index contributed by atoms with van der Waals surface area (Å²) in [5.74, 6) is -0.367. The number of benzene rings is 1. The number of carbonyl (C=O) groups excluding carboxylic acids is 1. The van der Waals surface area contributed by atoms with Gasteiger partial charge in [0.1, 0.15) is 5.75 Å². The third kappa shape index (κ3) is 5.36. The minimum atomic E-state index is -0.888. The van der Waals surface area contributed by atoms with Crippen molar-refractivity contribution in [3.05, 3.63) is 23.2 Å². The van der Waals surface area contributed by atoms with E-state index in [9.17, 15) is 9.59 Å². The number of aliphatic carboxylic acids is 1. The number of carbonyl (C=O) groups is 2. The van der Waals surface area contributed by atoms with Gasteiger partial charge in [-0.05, 0) is 31.5 Å². The monoisotopic (exact) mass is 300 g/mol. The number of carboxylic acids is 1. The highest BCUT2D eigenvalue weighted by Crippen LogP contribution is 2.27. The number of nitrogens with one attached hydrogen (secondary N) is 2. The Labute approximate surface area is 122 Å². The molecule has 110 valence electrons. The lowest BCUT2D eigenvalue weighted by Gasteiger charge is -2.14. The number of carboxylic acid groups (broad SMARTS) is 1. The molecule has 0 spiro atoms. The zero-order valence-electron chi connectivity index (χ0n) is 11.3. The predicted octanol–water partition coefficient (Wildman–Crippen LogP) is 2.72. The van der Waals surface area contributed by atoms with Crippen LogP contribution in [0.5, 0.6) is 5.75 Å². The van der Waals surface area contributed by atoms with E-state index in [2.05, 4.69) is 10.6 Å². The van der Waals surface area contributed by atoms with Gasteiger partial charge >= 0.3 is 12.0 Å². The molecule has 0 saturated heterocycles. The number of amides is 2. The van der Waals surface area contributed by atoms with Crippen LogP contribution in [0.4, 0.5) is 10.5 Å². The summed E-state index contributed by atoms with van der Waals surface area (Å²) < 4.78 is 5.01. The maximum Gasteiger partial charge on any atom is 0.319 e. The van der Waals surface area contributed by atoms with Crippen molar-refractivity contribution >= 4 is 29.3 Å². The predicted molar refractivity (Wildman–Crippen MR) is 76.5 cm³/mol. The van der Waals surface area contributed by atoms with Crippen LogP contribution in [-0.4, -0.2) is 30.3 Å². The third-order valence-corrected chi connectivity index (χ3v) is 2.87. The molecule has 3 N–H and O–H groups in total. The minimum Gasteiger partial charge on any atom is -0.495 e. The van der Waals surface area contributed by atoms with Crippen LogP contribution in [0.25, 0.3) is 0 Å². The number of halogens is 1. The maximum atomic E-state index is 11.7. The van der Waals surface area contributed by atoms with Crippen molar-refractivity contribution in [3.63, 3.8) is 0 Å². The van der Waals surface area contributed by atoms with E-state index in [-0.39, 0.29) is 12.5 Å². The molecule has 1 unspecified atom stereocenters. The zero-order valence-corrected chi connectivity index (χ0v) is 12.0. The van der Waals surface area contributed by atoms with Crippen LogP contribution in [0.2, 0.25) is 5.02 Å². The van der Waals surface area contributed by atoms with E-state index in [4.69, 9.17) is 21.4 Å². The quantitative estimate of drug-likeness (QED) is 0.754. The summed E-state index contributed by atoms with van der Waals surface area (Å²) in [7, 11) is 1.51. The first kappa shape index (κ1) is 16.1. The van der Waals surface area contributed by atoms with E-state index in [0.29, 0.717) is 22.9 Å². The number of anilines is 1. The van der Waals surface area contributed by atoms with E-state index in [0.717, 1.165) is 0 Å². The Balaban J connectivity index is 2.49. The van der Waals surface area contributed by atoms with Gasteiger partial charge in [-0.25, -0.2) is 4.79 Å². The van der Waals surface area contributed by atoms with Gasteiger partial charge in [-0.15, -0.1) is 0 Å². The fourth-order valence-electron chi connectivity index (χ4n) is 1.55. The molecule has 0 saturated carbocycles.